The fourth-order valence-corrected chi connectivity index (χ4v) is 3.89. The molecule has 0 radical (unpaired) electrons. The number of anilines is 1. The summed E-state index contributed by atoms with van der Waals surface area (Å²) in [4.78, 5) is 29.1. The molecule has 2 aromatic carbocycles. The monoisotopic (exact) mass is 386 g/mol. The lowest BCUT2D eigenvalue weighted by Gasteiger charge is -2.16. The zero-order valence-electron chi connectivity index (χ0n) is 14.7. The minimum absolute atomic E-state index is 0.0411. The molecule has 0 aliphatic heterocycles. The quantitative estimate of drug-likeness (QED) is 0.619. The molecule has 9 heteroatoms. The number of rotatable bonds is 5. The zero-order chi connectivity index (χ0) is 19.6. The first-order valence-corrected chi connectivity index (χ1v) is 9.62. The number of benzene rings is 2. The molecule has 0 aliphatic carbocycles. The Bertz CT molecular complexity index is 1170. The number of H-pyrrole nitrogens is 1. The number of carbonyl (C=O) groups is 1. The molecule has 1 amide bonds. The van der Waals surface area contributed by atoms with E-state index >= 15 is 0 Å². The summed E-state index contributed by atoms with van der Waals surface area (Å²) in [6.45, 7) is 3.11. The van der Waals surface area contributed by atoms with Crippen LogP contribution in [0.3, 0.4) is 0 Å². The number of hydrogen-bond donors (Lipinski definition) is 3. The van der Waals surface area contributed by atoms with Gasteiger partial charge in [0, 0.05) is 18.7 Å². The molecule has 1 heterocycles. The number of carbonyl (C=O) groups excluding carboxylic acids is 1. The topological polar surface area (TPSA) is 121 Å². The summed E-state index contributed by atoms with van der Waals surface area (Å²) in [5.41, 5.74) is 1.76. The van der Waals surface area contributed by atoms with Crippen molar-refractivity contribution in [2.45, 2.75) is 24.8 Å². The molecular formula is C18H18N4O4S. The summed E-state index contributed by atoms with van der Waals surface area (Å²) in [6, 6.07) is 10.7. The molecule has 3 aromatic rings. The normalized spacial score (nSPS) is 12.7. The minimum Gasteiger partial charge on any atom is -0.326 e. The molecule has 3 rings (SSSR count). The van der Waals surface area contributed by atoms with Gasteiger partial charge in [-0.3, -0.25) is 9.59 Å². The molecule has 3 N–H and O–H groups in total. The van der Waals surface area contributed by atoms with Crippen LogP contribution in [-0.2, 0) is 14.8 Å². The van der Waals surface area contributed by atoms with Crippen molar-refractivity contribution in [2.24, 2.45) is 0 Å². The van der Waals surface area contributed by atoms with Crippen molar-refractivity contribution in [3.8, 4) is 0 Å². The number of nitrogens with one attached hydrogen (secondary N) is 3. The first kappa shape index (κ1) is 18.7. The average molecular weight is 386 g/mol. The van der Waals surface area contributed by atoms with Crippen molar-refractivity contribution in [3.63, 3.8) is 0 Å². The van der Waals surface area contributed by atoms with Gasteiger partial charge >= 0.3 is 0 Å². The molecule has 0 fully saturated rings. The second-order valence-corrected chi connectivity index (χ2v) is 7.79. The molecule has 0 unspecified atom stereocenters. The van der Waals surface area contributed by atoms with E-state index in [1.54, 1.807) is 31.2 Å². The highest BCUT2D eigenvalue weighted by molar-refractivity contribution is 7.89. The molecule has 1 atom stereocenters. The van der Waals surface area contributed by atoms with Crippen molar-refractivity contribution in [1.29, 1.82) is 0 Å². The number of aromatic amines is 1. The van der Waals surface area contributed by atoms with Crippen LogP contribution >= 0.6 is 0 Å². The highest BCUT2D eigenvalue weighted by atomic mass is 32.2. The molecule has 8 nitrogen and oxygen atoms in total. The van der Waals surface area contributed by atoms with Crippen molar-refractivity contribution < 1.29 is 13.2 Å². The summed E-state index contributed by atoms with van der Waals surface area (Å²) in [5, 5.41) is 2.67. The number of fused-ring (bicyclic) bond motifs is 1. The van der Waals surface area contributed by atoms with Crippen LogP contribution in [0.15, 0.2) is 58.4 Å². The molecule has 0 bridgehead atoms. The predicted octanol–water partition coefficient (Wildman–Crippen LogP) is 1.92. The second-order valence-electron chi connectivity index (χ2n) is 6.08. The molecule has 0 saturated carbocycles. The third-order valence-electron chi connectivity index (χ3n) is 3.90. The third kappa shape index (κ3) is 4.39. The van der Waals surface area contributed by atoms with Crippen LogP contribution in [0.1, 0.15) is 25.5 Å². The van der Waals surface area contributed by atoms with Gasteiger partial charge in [-0.25, -0.2) is 18.1 Å². The van der Waals surface area contributed by atoms with Crippen molar-refractivity contribution in [3.05, 3.63) is 64.6 Å². The van der Waals surface area contributed by atoms with Crippen LogP contribution in [0.5, 0.6) is 0 Å². The number of sulfonamides is 1. The van der Waals surface area contributed by atoms with Gasteiger partial charge in [0.1, 0.15) is 0 Å². The molecule has 1 aromatic heterocycles. The molecular weight excluding hydrogens is 368 g/mol. The summed E-state index contributed by atoms with van der Waals surface area (Å²) >= 11 is 0. The Morgan fingerprint density at radius 2 is 1.96 bits per heavy atom. The number of aromatic nitrogens is 2. The van der Waals surface area contributed by atoms with E-state index in [0.717, 1.165) is 6.20 Å². The van der Waals surface area contributed by atoms with Gasteiger partial charge in [0.2, 0.25) is 15.9 Å². The summed E-state index contributed by atoms with van der Waals surface area (Å²) in [5.74, 6) is -0.206. The summed E-state index contributed by atoms with van der Waals surface area (Å²) in [7, 11) is -3.81. The lowest BCUT2D eigenvalue weighted by atomic mass is 10.1. The van der Waals surface area contributed by atoms with E-state index in [1.165, 1.54) is 25.1 Å². The third-order valence-corrected chi connectivity index (χ3v) is 5.44. The molecule has 140 valence electrons. The van der Waals surface area contributed by atoms with Gasteiger partial charge in [-0.1, -0.05) is 12.1 Å². The molecule has 0 aliphatic rings. The molecule has 0 saturated heterocycles. The van der Waals surface area contributed by atoms with Crippen LogP contribution in [0.4, 0.5) is 5.69 Å². The lowest BCUT2D eigenvalue weighted by Crippen LogP contribution is -2.27. The van der Waals surface area contributed by atoms with Crippen molar-refractivity contribution in [2.75, 3.05) is 5.32 Å². The largest absolute Gasteiger partial charge is 0.326 e. The zero-order valence-corrected chi connectivity index (χ0v) is 15.5. The average Bonchev–Trinajstić information content (AvgIpc) is 2.60. The number of hydrogen-bond acceptors (Lipinski definition) is 5. The summed E-state index contributed by atoms with van der Waals surface area (Å²) < 4.78 is 28.0. The number of nitrogens with zero attached hydrogens (tertiary/aromatic N) is 1. The Balaban J connectivity index is 1.86. The van der Waals surface area contributed by atoms with E-state index < -0.39 is 16.1 Å². The van der Waals surface area contributed by atoms with Crippen molar-refractivity contribution in [1.82, 2.24) is 14.7 Å². The van der Waals surface area contributed by atoms with Crippen LogP contribution in [0, 0.1) is 0 Å². The van der Waals surface area contributed by atoms with Crippen LogP contribution in [0.25, 0.3) is 11.0 Å². The fraction of sp³-hybridized carbons (Fsp3) is 0.167. The Morgan fingerprint density at radius 3 is 2.70 bits per heavy atom. The number of amides is 1. The Morgan fingerprint density at radius 1 is 1.19 bits per heavy atom. The van der Waals surface area contributed by atoms with Gasteiger partial charge in [-0.2, -0.15) is 0 Å². The first-order chi connectivity index (χ1) is 12.7. The van der Waals surface area contributed by atoms with Gasteiger partial charge in [-0.15, -0.1) is 0 Å². The van der Waals surface area contributed by atoms with E-state index in [-0.39, 0.29) is 16.4 Å². The smallest absolute Gasteiger partial charge is 0.266 e. The van der Waals surface area contributed by atoms with Gasteiger partial charge in [0.05, 0.1) is 22.1 Å². The van der Waals surface area contributed by atoms with Gasteiger partial charge in [-0.05, 0) is 42.8 Å². The second kappa shape index (κ2) is 7.29. The van der Waals surface area contributed by atoms with Gasteiger partial charge < -0.3 is 10.3 Å². The van der Waals surface area contributed by atoms with Gasteiger partial charge in [0.15, 0.2) is 0 Å². The van der Waals surface area contributed by atoms with E-state index in [9.17, 15) is 18.0 Å². The molecule has 27 heavy (non-hydrogen) atoms. The van der Waals surface area contributed by atoms with Crippen LogP contribution < -0.4 is 15.6 Å². The van der Waals surface area contributed by atoms with Gasteiger partial charge in [0.25, 0.3) is 5.56 Å². The highest BCUT2D eigenvalue weighted by Crippen LogP contribution is 2.21. The first-order valence-electron chi connectivity index (χ1n) is 8.13. The fourth-order valence-electron chi connectivity index (χ4n) is 2.64. The van der Waals surface area contributed by atoms with E-state index in [4.69, 9.17) is 0 Å². The maximum atomic E-state index is 12.7. The Labute approximate surface area is 155 Å². The minimum atomic E-state index is -3.81. The molecule has 0 spiro atoms. The Hall–Kier alpha value is -3.04. The van der Waals surface area contributed by atoms with Crippen molar-refractivity contribution >= 4 is 32.7 Å². The summed E-state index contributed by atoms with van der Waals surface area (Å²) in [6.07, 6.45) is 1.10. The highest BCUT2D eigenvalue weighted by Gasteiger charge is 2.19. The van der Waals surface area contributed by atoms with Crippen LogP contribution in [-0.4, -0.2) is 24.3 Å². The maximum Gasteiger partial charge on any atom is 0.266 e. The van der Waals surface area contributed by atoms with E-state index in [0.29, 0.717) is 22.3 Å². The van der Waals surface area contributed by atoms with E-state index in [1.807, 2.05) is 0 Å². The lowest BCUT2D eigenvalue weighted by molar-refractivity contribution is -0.114. The predicted molar refractivity (Wildman–Crippen MR) is 102 cm³/mol. The maximum absolute atomic E-state index is 12.7. The van der Waals surface area contributed by atoms with E-state index in [2.05, 4.69) is 20.0 Å². The Kier molecular flexibility index (Phi) is 5.06. The standard InChI is InChI=1S/C18H18N4O4S/c1-11(13-4-3-5-14(8-13)20-12(2)23)22-27(25,26)15-6-7-16-17(9-15)19-10-18(24)21-16/h3-11,22H,1-2H3,(H,20,23)(H,21,24)/t11-/m0/s1. The van der Waals surface area contributed by atoms with Crippen LogP contribution in [0.2, 0.25) is 0 Å². The SMILES string of the molecule is CC(=O)Nc1cccc([C@H](C)NS(=O)(=O)c2ccc3[nH]c(=O)cnc3c2)c1.